The van der Waals surface area contributed by atoms with Crippen LogP contribution in [0.3, 0.4) is 0 Å². The van der Waals surface area contributed by atoms with Gasteiger partial charge in [0.15, 0.2) is 0 Å². The maximum Gasteiger partial charge on any atom is 0.0946 e. The minimum atomic E-state index is 0.529. The summed E-state index contributed by atoms with van der Waals surface area (Å²) >= 11 is 0. The van der Waals surface area contributed by atoms with Crippen LogP contribution in [0.15, 0.2) is 18.7 Å². The lowest BCUT2D eigenvalue weighted by atomic mass is 9.65. The van der Waals surface area contributed by atoms with Crippen molar-refractivity contribution in [2.24, 2.45) is 10.8 Å². The molecule has 0 N–H and O–H groups in total. The fourth-order valence-electron chi connectivity index (χ4n) is 4.50. The highest BCUT2D eigenvalue weighted by atomic mass is 15.2. The van der Waals surface area contributed by atoms with Crippen molar-refractivity contribution in [3.8, 4) is 0 Å². The highest BCUT2D eigenvalue weighted by Crippen LogP contribution is 2.52. The van der Waals surface area contributed by atoms with E-state index in [1.54, 1.807) is 0 Å². The van der Waals surface area contributed by atoms with E-state index in [0.717, 1.165) is 12.6 Å². The monoisotopic (exact) mass is 247 g/mol. The number of hydrogen-bond donors (Lipinski definition) is 0. The van der Waals surface area contributed by atoms with Gasteiger partial charge in [-0.3, -0.25) is 4.90 Å². The predicted molar refractivity (Wildman–Crippen MR) is 73.3 cm³/mol. The lowest BCUT2D eigenvalue weighted by Crippen LogP contribution is -2.35. The van der Waals surface area contributed by atoms with Crippen molar-refractivity contribution in [1.29, 1.82) is 0 Å². The zero-order chi connectivity index (χ0) is 12.8. The van der Waals surface area contributed by atoms with E-state index >= 15 is 0 Å². The van der Waals surface area contributed by atoms with Crippen LogP contribution in [0, 0.1) is 10.8 Å². The summed E-state index contributed by atoms with van der Waals surface area (Å²) in [4.78, 5) is 6.83. The molecule has 100 valence electrons. The first-order valence-corrected chi connectivity index (χ1v) is 7.16. The van der Waals surface area contributed by atoms with Crippen LogP contribution < -0.4 is 0 Å². The third-order valence-corrected chi connectivity index (χ3v) is 4.73. The van der Waals surface area contributed by atoms with Crippen molar-refractivity contribution in [2.75, 3.05) is 13.1 Å². The highest BCUT2D eigenvalue weighted by molar-refractivity contribution is 5.02. The molecule has 0 aromatic carbocycles. The third-order valence-electron chi connectivity index (χ3n) is 4.73. The number of likely N-dealkylation sites (tertiary alicyclic amines) is 1. The summed E-state index contributed by atoms with van der Waals surface area (Å²) in [6, 6.07) is 0.808. The Bertz CT molecular complexity index is 409. The van der Waals surface area contributed by atoms with E-state index in [0.29, 0.717) is 10.8 Å². The van der Waals surface area contributed by atoms with Gasteiger partial charge in [-0.2, -0.15) is 0 Å². The first-order chi connectivity index (χ1) is 8.46. The summed E-state index contributed by atoms with van der Waals surface area (Å²) in [5.74, 6) is 0. The molecule has 0 unspecified atom stereocenters. The molecule has 1 aromatic rings. The van der Waals surface area contributed by atoms with Gasteiger partial charge in [0, 0.05) is 38.1 Å². The van der Waals surface area contributed by atoms with Crippen LogP contribution >= 0.6 is 0 Å². The third kappa shape index (κ3) is 2.33. The van der Waals surface area contributed by atoms with Gasteiger partial charge in [0.1, 0.15) is 0 Å². The second-order valence-corrected chi connectivity index (χ2v) is 7.48. The number of rotatable bonds is 3. The first kappa shape index (κ1) is 12.2. The molecule has 3 rings (SSSR count). The number of fused-ring (bicyclic) bond motifs is 2. The Hall–Kier alpha value is -0.830. The van der Waals surface area contributed by atoms with Crippen LogP contribution in [-0.2, 0) is 6.54 Å². The molecule has 3 nitrogen and oxygen atoms in total. The number of hydrogen-bond acceptors (Lipinski definition) is 2. The van der Waals surface area contributed by atoms with Gasteiger partial charge in [-0.15, -0.1) is 0 Å². The Morgan fingerprint density at radius 3 is 2.78 bits per heavy atom. The number of nitrogens with zero attached hydrogens (tertiary/aromatic N) is 3. The average molecular weight is 247 g/mol. The van der Waals surface area contributed by atoms with Gasteiger partial charge in [-0.1, -0.05) is 20.8 Å². The van der Waals surface area contributed by atoms with E-state index < -0.39 is 0 Å². The van der Waals surface area contributed by atoms with Crippen molar-refractivity contribution in [3.05, 3.63) is 18.7 Å². The second-order valence-electron chi connectivity index (χ2n) is 7.48. The Labute approximate surface area is 110 Å². The van der Waals surface area contributed by atoms with Crippen molar-refractivity contribution >= 4 is 0 Å². The molecule has 1 aliphatic heterocycles. The van der Waals surface area contributed by atoms with Crippen molar-refractivity contribution in [3.63, 3.8) is 0 Å². The van der Waals surface area contributed by atoms with Gasteiger partial charge < -0.3 is 4.57 Å². The van der Waals surface area contributed by atoms with Crippen LogP contribution in [0.4, 0.5) is 0 Å². The predicted octanol–water partition coefficient (Wildman–Crippen LogP) is 2.78. The Morgan fingerprint density at radius 1 is 1.22 bits per heavy atom. The molecule has 1 aliphatic carbocycles. The van der Waals surface area contributed by atoms with E-state index in [1.807, 2.05) is 12.5 Å². The van der Waals surface area contributed by atoms with Gasteiger partial charge in [0.2, 0.25) is 0 Å². The Balaban J connectivity index is 1.65. The standard InChI is InChI=1S/C15H25N3/c1-14(2)8-13-9-15(3,10-14)11-18(13)7-6-17-5-4-16-12-17/h4-5,12-13H,6-11H2,1-3H3/t13-,15-/m1/s1. The summed E-state index contributed by atoms with van der Waals surface area (Å²) in [5.41, 5.74) is 1.09. The normalized spacial score (nSPS) is 34.9. The van der Waals surface area contributed by atoms with Gasteiger partial charge in [0.25, 0.3) is 0 Å². The molecule has 2 atom stereocenters. The maximum atomic E-state index is 4.12. The van der Waals surface area contributed by atoms with Crippen molar-refractivity contribution < 1.29 is 0 Å². The molecule has 1 saturated heterocycles. The molecular formula is C15H25N3. The zero-order valence-electron chi connectivity index (χ0n) is 11.9. The van der Waals surface area contributed by atoms with E-state index in [2.05, 4.69) is 41.4 Å². The van der Waals surface area contributed by atoms with Crippen LogP contribution in [0.25, 0.3) is 0 Å². The maximum absolute atomic E-state index is 4.12. The lowest BCUT2D eigenvalue weighted by molar-refractivity contribution is 0.127. The minimum Gasteiger partial charge on any atom is -0.336 e. The van der Waals surface area contributed by atoms with E-state index in [9.17, 15) is 0 Å². The number of imidazole rings is 1. The topological polar surface area (TPSA) is 21.1 Å². The van der Waals surface area contributed by atoms with Crippen molar-refractivity contribution in [1.82, 2.24) is 14.5 Å². The van der Waals surface area contributed by atoms with Crippen LogP contribution in [0.5, 0.6) is 0 Å². The van der Waals surface area contributed by atoms with Crippen molar-refractivity contribution in [2.45, 2.75) is 52.6 Å². The van der Waals surface area contributed by atoms with Gasteiger partial charge in [0.05, 0.1) is 6.33 Å². The zero-order valence-corrected chi connectivity index (χ0v) is 11.9. The van der Waals surface area contributed by atoms with Gasteiger partial charge in [-0.25, -0.2) is 4.98 Å². The van der Waals surface area contributed by atoms with Gasteiger partial charge >= 0.3 is 0 Å². The summed E-state index contributed by atoms with van der Waals surface area (Å²) in [7, 11) is 0. The molecule has 2 aliphatic rings. The van der Waals surface area contributed by atoms with E-state index in [1.165, 1.54) is 32.4 Å². The SMILES string of the molecule is CC1(C)C[C@@H]2C[C@@](C)(CN2CCn2ccnc2)C1. The van der Waals surface area contributed by atoms with Gasteiger partial charge in [-0.05, 0) is 30.1 Å². The molecule has 1 aromatic heterocycles. The molecule has 0 amide bonds. The van der Waals surface area contributed by atoms with Crippen LogP contribution in [0.1, 0.15) is 40.0 Å². The number of aromatic nitrogens is 2. The lowest BCUT2D eigenvalue weighted by Gasteiger charge is -2.40. The highest BCUT2D eigenvalue weighted by Gasteiger charge is 2.49. The molecule has 0 radical (unpaired) electrons. The molecule has 18 heavy (non-hydrogen) atoms. The Morgan fingerprint density at radius 2 is 2.06 bits per heavy atom. The molecule has 2 bridgehead atoms. The molecule has 1 saturated carbocycles. The summed E-state index contributed by atoms with van der Waals surface area (Å²) in [5, 5.41) is 0. The summed E-state index contributed by atoms with van der Waals surface area (Å²) in [6.07, 6.45) is 10.0. The summed E-state index contributed by atoms with van der Waals surface area (Å²) < 4.78 is 2.19. The quantitative estimate of drug-likeness (QED) is 0.819. The molecule has 0 spiro atoms. The van der Waals surface area contributed by atoms with Crippen LogP contribution in [0.2, 0.25) is 0 Å². The smallest absolute Gasteiger partial charge is 0.0946 e. The largest absolute Gasteiger partial charge is 0.336 e. The van der Waals surface area contributed by atoms with E-state index in [4.69, 9.17) is 0 Å². The van der Waals surface area contributed by atoms with Crippen LogP contribution in [-0.4, -0.2) is 33.6 Å². The average Bonchev–Trinajstić information content (AvgIpc) is 2.80. The second kappa shape index (κ2) is 4.09. The summed E-state index contributed by atoms with van der Waals surface area (Å²) in [6.45, 7) is 10.9. The fraction of sp³-hybridized carbons (Fsp3) is 0.800. The molecule has 3 heteroatoms. The van der Waals surface area contributed by atoms with E-state index in [-0.39, 0.29) is 0 Å². The Kier molecular flexibility index (Phi) is 2.77. The molecular weight excluding hydrogens is 222 g/mol. The fourth-order valence-corrected chi connectivity index (χ4v) is 4.50. The first-order valence-electron chi connectivity index (χ1n) is 7.16. The minimum absolute atomic E-state index is 0.529. The molecule has 2 heterocycles. The molecule has 2 fully saturated rings.